The summed E-state index contributed by atoms with van der Waals surface area (Å²) in [5.41, 5.74) is 1.38. The highest BCUT2D eigenvalue weighted by atomic mass is 35.5. The highest BCUT2D eigenvalue weighted by Gasteiger charge is 2.17. The fraction of sp³-hybridized carbons (Fsp3) is 0.474. The zero-order valence-electron chi connectivity index (χ0n) is 14.5. The average Bonchev–Trinajstić information content (AvgIpc) is 2.94. The SMILES string of the molecule is Cn1c(C(=O)NCCC(=O)NC2CCCCC2)cc2cccc(Cl)c21. The van der Waals surface area contributed by atoms with Gasteiger partial charge in [0.05, 0.1) is 10.5 Å². The van der Waals surface area contributed by atoms with Crippen LogP contribution in [0, 0.1) is 0 Å². The first kappa shape index (κ1) is 17.8. The molecule has 1 fully saturated rings. The molecule has 2 amide bonds. The Balaban J connectivity index is 1.53. The average molecular weight is 362 g/mol. The number of rotatable bonds is 5. The van der Waals surface area contributed by atoms with E-state index >= 15 is 0 Å². The van der Waals surface area contributed by atoms with Gasteiger partial charge in [-0.2, -0.15) is 0 Å². The maximum Gasteiger partial charge on any atom is 0.267 e. The predicted molar refractivity (Wildman–Crippen MR) is 99.9 cm³/mol. The Morgan fingerprint density at radius 2 is 2.00 bits per heavy atom. The van der Waals surface area contributed by atoms with Gasteiger partial charge in [-0.15, -0.1) is 0 Å². The van der Waals surface area contributed by atoms with Crippen LogP contribution in [-0.2, 0) is 11.8 Å². The molecule has 1 aliphatic carbocycles. The summed E-state index contributed by atoms with van der Waals surface area (Å²) in [5.74, 6) is -0.187. The molecule has 6 heteroatoms. The smallest absolute Gasteiger partial charge is 0.267 e. The Morgan fingerprint density at radius 1 is 1.24 bits per heavy atom. The summed E-state index contributed by atoms with van der Waals surface area (Å²) in [6.45, 7) is 0.326. The second kappa shape index (κ2) is 7.91. The van der Waals surface area contributed by atoms with Crippen LogP contribution in [0.25, 0.3) is 10.9 Å². The third kappa shape index (κ3) is 4.15. The Kier molecular flexibility index (Phi) is 5.63. The number of aromatic nitrogens is 1. The van der Waals surface area contributed by atoms with Crippen LogP contribution < -0.4 is 10.6 Å². The molecule has 1 saturated carbocycles. The van der Waals surface area contributed by atoms with Gasteiger partial charge in [0.2, 0.25) is 5.91 Å². The van der Waals surface area contributed by atoms with E-state index in [4.69, 9.17) is 11.6 Å². The second-order valence-electron chi connectivity index (χ2n) is 6.67. The van der Waals surface area contributed by atoms with Gasteiger partial charge in [0.1, 0.15) is 5.69 Å². The van der Waals surface area contributed by atoms with E-state index in [9.17, 15) is 9.59 Å². The summed E-state index contributed by atoms with van der Waals surface area (Å²) >= 11 is 6.21. The molecule has 134 valence electrons. The van der Waals surface area contributed by atoms with Crippen molar-refractivity contribution in [1.29, 1.82) is 0 Å². The molecule has 1 aliphatic rings. The van der Waals surface area contributed by atoms with Crippen LogP contribution in [0.4, 0.5) is 0 Å². The summed E-state index contributed by atoms with van der Waals surface area (Å²) in [6, 6.07) is 7.72. The van der Waals surface area contributed by atoms with E-state index in [2.05, 4.69) is 10.6 Å². The van der Waals surface area contributed by atoms with Crippen LogP contribution in [0.15, 0.2) is 24.3 Å². The van der Waals surface area contributed by atoms with E-state index in [1.54, 1.807) is 10.6 Å². The third-order valence-corrected chi connectivity index (χ3v) is 5.15. The van der Waals surface area contributed by atoms with Crippen LogP contribution in [-0.4, -0.2) is 29.0 Å². The summed E-state index contributed by atoms with van der Waals surface area (Å²) in [7, 11) is 1.82. The number of amides is 2. The van der Waals surface area contributed by atoms with E-state index < -0.39 is 0 Å². The van der Waals surface area contributed by atoms with Gasteiger partial charge in [-0.05, 0) is 25.0 Å². The van der Waals surface area contributed by atoms with Gasteiger partial charge in [0, 0.05) is 31.4 Å². The zero-order chi connectivity index (χ0) is 17.8. The first-order valence-electron chi connectivity index (χ1n) is 8.88. The number of para-hydroxylation sites is 1. The Labute approximate surface area is 152 Å². The topological polar surface area (TPSA) is 63.1 Å². The van der Waals surface area contributed by atoms with Crippen LogP contribution in [0.5, 0.6) is 0 Å². The quantitative estimate of drug-likeness (QED) is 0.857. The normalized spacial score (nSPS) is 15.3. The third-order valence-electron chi connectivity index (χ3n) is 4.85. The van der Waals surface area contributed by atoms with E-state index in [0.717, 1.165) is 23.7 Å². The van der Waals surface area contributed by atoms with Gasteiger partial charge < -0.3 is 15.2 Å². The predicted octanol–water partition coefficient (Wildman–Crippen LogP) is 3.40. The van der Waals surface area contributed by atoms with Crippen molar-refractivity contribution >= 4 is 34.3 Å². The van der Waals surface area contributed by atoms with Crippen LogP contribution in [0.2, 0.25) is 5.02 Å². The molecular formula is C19H24ClN3O2. The lowest BCUT2D eigenvalue weighted by Gasteiger charge is -2.22. The lowest BCUT2D eigenvalue weighted by atomic mass is 9.95. The van der Waals surface area contributed by atoms with Gasteiger partial charge in [-0.25, -0.2) is 0 Å². The summed E-state index contributed by atoms with van der Waals surface area (Å²) < 4.78 is 1.79. The Bertz CT molecular complexity index is 778. The molecule has 2 aromatic rings. The molecule has 0 unspecified atom stereocenters. The highest BCUT2D eigenvalue weighted by Crippen LogP contribution is 2.26. The van der Waals surface area contributed by atoms with Crippen LogP contribution in [0.3, 0.4) is 0 Å². The molecule has 1 aromatic carbocycles. The molecule has 0 atom stereocenters. The van der Waals surface area contributed by atoms with Crippen molar-refractivity contribution in [1.82, 2.24) is 15.2 Å². The molecule has 0 spiro atoms. The van der Waals surface area contributed by atoms with E-state index in [0.29, 0.717) is 29.7 Å². The van der Waals surface area contributed by atoms with E-state index in [-0.39, 0.29) is 11.8 Å². The molecule has 25 heavy (non-hydrogen) atoms. The number of carbonyl (C=O) groups is 2. The Morgan fingerprint density at radius 3 is 2.72 bits per heavy atom. The number of nitrogens with one attached hydrogen (secondary N) is 2. The maximum absolute atomic E-state index is 12.4. The first-order valence-corrected chi connectivity index (χ1v) is 9.25. The number of aryl methyl sites for hydroxylation is 1. The maximum atomic E-state index is 12.4. The minimum atomic E-state index is -0.194. The zero-order valence-corrected chi connectivity index (χ0v) is 15.2. The molecule has 5 nitrogen and oxygen atoms in total. The van der Waals surface area contributed by atoms with Crippen molar-refractivity contribution in [3.05, 3.63) is 35.0 Å². The van der Waals surface area contributed by atoms with Crippen molar-refractivity contribution in [2.45, 2.75) is 44.6 Å². The van der Waals surface area contributed by atoms with Gasteiger partial charge in [0.25, 0.3) is 5.91 Å². The van der Waals surface area contributed by atoms with Crippen molar-refractivity contribution in [2.24, 2.45) is 7.05 Å². The minimum Gasteiger partial charge on any atom is -0.353 e. The molecular weight excluding hydrogens is 338 g/mol. The fourth-order valence-electron chi connectivity index (χ4n) is 3.51. The van der Waals surface area contributed by atoms with Crippen LogP contribution in [0.1, 0.15) is 49.0 Å². The van der Waals surface area contributed by atoms with E-state index in [1.807, 2.05) is 25.2 Å². The number of hydrogen-bond acceptors (Lipinski definition) is 2. The second-order valence-corrected chi connectivity index (χ2v) is 7.08. The van der Waals surface area contributed by atoms with Crippen molar-refractivity contribution in [2.75, 3.05) is 6.54 Å². The number of halogens is 1. The molecule has 2 N–H and O–H groups in total. The number of fused-ring (bicyclic) bond motifs is 1. The van der Waals surface area contributed by atoms with Crippen molar-refractivity contribution in [3.8, 4) is 0 Å². The molecule has 0 radical (unpaired) electrons. The lowest BCUT2D eigenvalue weighted by molar-refractivity contribution is -0.121. The monoisotopic (exact) mass is 361 g/mol. The number of benzene rings is 1. The molecule has 0 bridgehead atoms. The molecule has 1 aromatic heterocycles. The fourth-order valence-corrected chi connectivity index (χ4v) is 3.82. The standard InChI is InChI=1S/C19H24ClN3O2/c1-23-16(12-13-6-5-9-15(20)18(13)23)19(25)21-11-10-17(24)22-14-7-3-2-4-8-14/h5-6,9,12,14H,2-4,7-8,10-11H2,1H3,(H,21,25)(H,22,24). The molecule has 3 rings (SSSR count). The van der Waals surface area contributed by atoms with Gasteiger partial charge in [-0.1, -0.05) is 43.0 Å². The Hall–Kier alpha value is -2.01. The van der Waals surface area contributed by atoms with Gasteiger partial charge in [-0.3, -0.25) is 9.59 Å². The summed E-state index contributed by atoms with van der Waals surface area (Å²) in [6.07, 6.45) is 6.06. The number of carbonyl (C=O) groups excluding carboxylic acids is 2. The van der Waals surface area contributed by atoms with Crippen molar-refractivity contribution in [3.63, 3.8) is 0 Å². The first-order chi connectivity index (χ1) is 12.1. The van der Waals surface area contributed by atoms with Gasteiger partial charge in [0.15, 0.2) is 0 Å². The highest BCUT2D eigenvalue weighted by molar-refractivity contribution is 6.35. The number of nitrogens with zero attached hydrogens (tertiary/aromatic N) is 1. The molecule has 1 heterocycles. The number of hydrogen-bond donors (Lipinski definition) is 2. The van der Waals surface area contributed by atoms with E-state index in [1.165, 1.54) is 19.3 Å². The lowest BCUT2D eigenvalue weighted by Crippen LogP contribution is -2.38. The van der Waals surface area contributed by atoms with Gasteiger partial charge >= 0.3 is 0 Å². The van der Waals surface area contributed by atoms with Crippen LogP contribution >= 0.6 is 11.6 Å². The molecule has 0 saturated heterocycles. The molecule has 0 aliphatic heterocycles. The largest absolute Gasteiger partial charge is 0.353 e. The van der Waals surface area contributed by atoms with Crippen molar-refractivity contribution < 1.29 is 9.59 Å². The minimum absolute atomic E-state index is 0.00675. The summed E-state index contributed by atoms with van der Waals surface area (Å²) in [4.78, 5) is 24.4. The summed E-state index contributed by atoms with van der Waals surface area (Å²) in [5, 5.41) is 7.43.